The van der Waals surface area contributed by atoms with Gasteiger partial charge in [0, 0.05) is 11.0 Å². The van der Waals surface area contributed by atoms with Crippen LogP contribution in [0.25, 0.3) is 0 Å². The van der Waals surface area contributed by atoms with E-state index < -0.39 is 0 Å². The van der Waals surface area contributed by atoms with Gasteiger partial charge in [0.25, 0.3) is 0 Å². The molecule has 1 aromatic carbocycles. The average Bonchev–Trinajstić information content (AvgIpc) is 3.10. The zero-order chi connectivity index (χ0) is 14.4. The Morgan fingerprint density at radius 3 is 2.90 bits per heavy atom. The summed E-state index contributed by atoms with van der Waals surface area (Å²) in [5.41, 5.74) is 3.71. The van der Waals surface area contributed by atoms with E-state index in [0.29, 0.717) is 17.6 Å². The van der Waals surface area contributed by atoms with Crippen LogP contribution in [0.15, 0.2) is 30.4 Å². The van der Waals surface area contributed by atoms with Crippen LogP contribution < -0.4 is 0 Å². The van der Waals surface area contributed by atoms with Crippen LogP contribution in [-0.4, -0.2) is 5.78 Å². The Morgan fingerprint density at radius 1 is 1.29 bits per heavy atom. The van der Waals surface area contributed by atoms with Crippen molar-refractivity contribution in [3.8, 4) is 0 Å². The predicted octanol–water partition coefficient (Wildman–Crippen LogP) is 4.74. The number of carbonyl (C=O) groups is 1. The van der Waals surface area contributed by atoms with Crippen LogP contribution in [0, 0.1) is 17.3 Å². The van der Waals surface area contributed by atoms with E-state index in [0.717, 1.165) is 31.2 Å². The Kier molecular flexibility index (Phi) is 3.06. The van der Waals surface area contributed by atoms with Crippen molar-refractivity contribution in [2.24, 2.45) is 17.3 Å². The normalized spacial score (nSPS) is 32.9. The highest BCUT2D eigenvalue weighted by Crippen LogP contribution is 2.57. The summed E-state index contributed by atoms with van der Waals surface area (Å²) in [4.78, 5) is 13.1. The lowest BCUT2D eigenvalue weighted by molar-refractivity contribution is 0.0702. The third kappa shape index (κ3) is 1.93. The molecule has 0 heterocycles. The van der Waals surface area contributed by atoms with Crippen LogP contribution >= 0.6 is 0 Å². The van der Waals surface area contributed by atoms with Crippen LogP contribution in [0.1, 0.15) is 60.5 Å². The minimum atomic E-state index is -0.0443. The fourth-order valence-electron chi connectivity index (χ4n) is 4.85. The van der Waals surface area contributed by atoms with Crippen LogP contribution in [0.5, 0.6) is 0 Å². The standard InChI is InChI=1S/C20H24O/c1-2-3-4-14-6-8-18-16(11-14)9-10-20(19(18)21)13-15-5-7-17(20)12-15/h5-8,11,15,17H,2-4,9-10,12-13H2,1H3. The summed E-state index contributed by atoms with van der Waals surface area (Å²) in [6, 6.07) is 6.62. The molecule has 1 saturated carbocycles. The van der Waals surface area contributed by atoms with E-state index in [4.69, 9.17) is 0 Å². The summed E-state index contributed by atoms with van der Waals surface area (Å²) in [5, 5.41) is 0. The van der Waals surface area contributed by atoms with Crippen LogP contribution in [-0.2, 0) is 12.8 Å². The van der Waals surface area contributed by atoms with Gasteiger partial charge >= 0.3 is 0 Å². The fourth-order valence-corrected chi connectivity index (χ4v) is 4.85. The summed E-state index contributed by atoms with van der Waals surface area (Å²) in [6.45, 7) is 2.23. The van der Waals surface area contributed by atoms with Crippen LogP contribution in [0.2, 0.25) is 0 Å². The summed E-state index contributed by atoms with van der Waals surface area (Å²) in [7, 11) is 0. The third-order valence-electron chi connectivity index (χ3n) is 6.03. The summed E-state index contributed by atoms with van der Waals surface area (Å²) in [6.07, 6.45) is 12.8. The van der Waals surface area contributed by atoms with Crippen molar-refractivity contribution < 1.29 is 4.79 Å². The van der Waals surface area contributed by atoms with Crippen molar-refractivity contribution in [1.82, 2.24) is 0 Å². The number of hydrogen-bond acceptors (Lipinski definition) is 1. The van der Waals surface area contributed by atoms with E-state index in [9.17, 15) is 4.79 Å². The molecule has 3 aliphatic rings. The molecule has 0 saturated heterocycles. The minimum absolute atomic E-state index is 0.0443. The highest BCUT2D eigenvalue weighted by atomic mass is 16.1. The summed E-state index contributed by atoms with van der Waals surface area (Å²) >= 11 is 0. The lowest BCUT2D eigenvalue weighted by Gasteiger charge is -2.38. The van der Waals surface area contributed by atoms with Gasteiger partial charge in [0.05, 0.1) is 0 Å². The maximum Gasteiger partial charge on any atom is 0.169 e. The van der Waals surface area contributed by atoms with Crippen molar-refractivity contribution in [3.63, 3.8) is 0 Å². The van der Waals surface area contributed by atoms with Crippen molar-refractivity contribution >= 4 is 5.78 Å². The molecule has 1 fully saturated rings. The van der Waals surface area contributed by atoms with Crippen molar-refractivity contribution in [1.29, 1.82) is 0 Å². The molecule has 110 valence electrons. The van der Waals surface area contributed by atoms with Crippen molar-refractivity contribution in [2.45, 2.75) is 51.9 Å². The van der Waals surface area contributed by atoms with Crippen LogP contribution in [0.4, 0.5) is 0 Å². The molecule has 0 radical (unpaired) electrons. The highest BCUT2D eigenvalue weighted by Gasteiger charge is 2.54. The first-order valence-corrected chi connectivity index (χ1v) is 8.58. The molecule has 0 amide bonds. The molecular formula is C20H24O. The highest BCUT2D eigenvalue weighted by molar-refractivity contribution is 6.03. The van der Waals surface area contributed by atoms with Gasteiger partial charge in [-0.05, 0) is 61.5 Å². The summed E-state index contributed by atoms with van der Waals surface area (Å²) in [5.74, 6) is 1.63. The Hall–Kier alpha value is -1.37. The average molecular weight is 280 g/mol. The second-order valence-electron chi connectivity index (χ2n) is 7.27. The van der Waals surface area contributed by atoms with Gasteiger partial charge < -0.3 is 0 Å². The molecule has 0 aromatic heterocycles. The van der Waals surface area contributed by atoms with Crippen LogP contribution in [0.3, 0.4) is 0 Å². The van der Waals surface area contributed by atoms with E-state index in [1.165, 1.54) is 30.4 Å². The first kappa shape index (κ1) is 13.3. The largest absolute Gasteiger partial charge is 0.294 e. The van der Waals surface area contributed by atoms with Gasteiger partial charge in [0.2, 0.25) is 0 Å². The number of benzene rings is 1. The zero-order valence-electron chi connectivity index (χ0n) is 12.9. The van der Waals surface area contributed by atoms with E-state index in [-0.39, 0.29) is 5.41 Å². The number of aryl methyl sites for hydroxylation is 2. The maximum atomic E-state index is 13.1. The van der Waals surface area contributed by atoms with Gasteiger partial charge in [-0.2, -0.15) is 0 Å². The lowest BCUT2D eigenvalue weighted by atomic mass is 9.63. The van der Waals surface area contributed by atoms with Gasteiger partial charge in [-0.3, -0.25) is 4.79 Å². The second kappa shape index (κ2) is 4.83. The predicted molar refractivity (Wildman–Crippen MR) is 85.5 cm³/mol. The Balaban J connectivity index is 1.65. The van der Waals surface area contributed by atoms with E-state index in [1.807, 2.05) is 0 Å². The summed E-state index contributed by atoms with van der Waals surface area (Å²) < 4.78 is 0. The second-order valence-corrected chi connectivity index (χ2v) is 7.27. The number of ketones is 1. The first-order chi connectivity index (χ1) is 10.2. The molecule has 2 bridgehead atoms. The quantitative estimate of drug-likeness (QED) is 0.731. The van der Waals surface area contributed by atoms with Gasteiger partial charge in [-0.1, -0.05) is 43.7 Å². The molecule has 1 heteroatoms. The first-order valence-electron chi connectivity index (χ1n) is 8.58. The molecule has 1 aromatic rings. The molecule has 21 heavy (non-hydrogen) atoms. The monoisotopic (exact) mass is 280 g/mol. The van der Waals surface area contributed by atoms with Crippen molar-refractivity contribution in [3.05, 3.63) is 47.0 Å². The number of unbranched alkanes of at least 4 members (excludes halogenated alkanes) is 1. The number of rotatable bonds is 3. The van der Waals surface area contributed by atoms with Gasteiger partial charge in [-0.15, -0.1) is 0 Å². The smallest absolute Gasteiger partial charge is 0.169 e. The molecule has 4 rings (SSSR count). The number of Topliss-reactive ketones (excluding diaryl/α,β-unsaturated/α-hetero) is 1. The van der Waals surface area contributed by atoms with E-state index in [1.54, 1.807) is 0 Å². The Labute approximate surface area is 127 Å². The molecule has 1 spiro atoms. The molecule has 1 nitrogen and oxygen atoms in total. The molecule has 0 aliphatic heterocycles. The molecule has 3 unspecified atom stereocenters. The van der Waals surface area contributed by atoms with Crippen molar-refractivity contribution in [2.75, 3.05) is 0 Å². The zero-order valence-corrected chi connectivity index (χ0v) is 12.9. The topological polar surface area (TPSA) is 17.1 Å². The molecular weight excluding hydrogens is 256 g/mol. The Bertz CT molecular complexity index is 612. The number of allylic oxidation sites excluding steroid dienone is 2. The van der Waals surface area contributed by atoms with E-state index in [2.05, 4.69) is 37.3 Å². The van der Waals surface area contributed by atoms with Gasteiger partial charge in [0.1, 0.15) is 0 Å². The third-order valence-corrected chi connectivity index (χ3v) is 6.03. The minimum Gasteiger partial charge on any atom is -0.294 e. The lowest BCUT2D eigenvalue weighted by Crippen LogP contribution is -2.39. The van der Waals surface area contributed by atoms with Gasteiger partial charge in [0.15, 0.2) is 5.78 Å². The fraction of sp³-hybridized carbons (Fsp3) is 0.550. The van der Waals surface area contributed by atoms with Gasteiger partial charge in [-0.25, -0.2) is 0 Å². The van der Waals surface area contributed by atoms with E-state index >= 15 is 0 Å². The number of carbonyl (C=O) groups excluding carboxylic acids is 1. The molecule has 3 atom stereocenters. The molecule has 3 aliphatic carbocycles. The number of fused-ring (bicyclic) bond motifs is 4. The Morgan fingerprint density at radius 2 is 2.19 bits per heavy atom. The number of hydrogen-bond donors (Lipinski definition) is 0. The SMILES string of the molecule is CCCCc1ccc2c(c1)CCC1(CC3C=CC1C3)C2=O. The molecule has 0 N–H and O–H groups in total. The maximum absolute atomic E-state index is 13.1.